The second kappa shape index (κ2) is 8.39. The first-order chi connectivity index (χ1) is 14.0. The van der Waals surface area contributed by atoms with Crippen molar-refractivity contribution < 1.29 is 40.2 Å². The van der Waals surface area contributed by atoms with Crippen molar-refractivity contribution in [3.63, 3.8) is 0 Å². The maximum Gasteiger partial charge on any atom is 0.408 e. The lowest BCUT2D eigenvalue weighted by Crippen LogP contribution is -2.49. The zero-order valence-electron chi connectivity index (χ0n) is 16.7. The zero-order valence-corrected chi connectivity index (χ0v) is 16.7. The second-order valence-corrected chi connectivity index (χ2v) is 7.38. The molecule has 0 aliphatic heterocycles. The maximum absolute atomic E-state index is 13.9. The molecule has 1 unspecified atom stereocenters. The van der Waals surface area contributed by atoms with Gasteiger partial charge in [-0.2, -0.15) is 41.3 Å². The molecule has 0 fully saturated rings. The largest absolute Gasteiger partial charge is 0.408 e. The van der Waals surface area contributed by atoms with E-state index in [0.29, 0.717) is 0 Å². The highest BCUT2D eigenvalue weighted by Gasteiger charge is 2.49. The van der Waals surface area contributed by atoms with E-state index < -0.39 is 66.4 Å². The van der Waals surface area contributed by atoms with Gasteiger partial charge in [0, 0.05) is 6.42 Å². The number of aliphatic hydroxyl groups is 1. The number of nitrogens with zero attached hydrogens (tertiary/aromatic N) is 3. The predicted molar refractivity (Wildman–Crippen MR) is 98.4 cm³/mol. The van der Waals surface area contributed by atoms with Crippen molar-refractivity contribution in [2.24, 2.45) is 0 Å². The van der Waals surface area contributed by atoms with Gasteiger partial charge in [0.15, 0.2) is 13.7 Å². The number of nitrogens with one attached hydrogen (secondary N) is 2. The van der Waals surface area contributed by atoms with Gasteiger partial charge in [-0.1, -0.05) is 6.92 Å². The number of allylic oxidation sites excluding steroid dienone is 1. The van der Waals surface area contributed by atoms with E-state index in [0.717, 1.165) is 20.8 Å². The summed E-state index contributed by atoms with van der Waals surface area (Å²) in [7, 11) is 0.828. The molecule has 1 aliphatic carbocycles. The Morgan fingerprint density at radius 2 is 1.61 bits per heavy atom. The van der Waals surface area contributed by atoms with Crippen LogP contribution in [-0.2, 0) is 0 Å². The van der Waals surface area contributed by atoms with Gasteiger partial charge in [0.05, 0.1) is 0 Å². The van der Waals surface area contributed by atoms with Crippen LogP contribution < -0.4 is 10.6 Å². The Morgan fingerprint density at radius 3 is 2.06 bits per heavy atom. The highest BCUT2D eigenvalue weighted by Crippen LogP contribution is 2.41. The molecule has 0 amide bonds. The van der Waals surface area contributed by atoms with Gasteiger partial charge in [-0.3, -0.25) is 0 Å². The minimum Gasteiger partial charge on any atom is -0.389 e. The van der Waals surface area contributed by atoms with Gasteiger partial charge in [0.2, 0.25) is 11.9 Å². The highest BCUT2D eigenvalue weighted by molar-refractivity contribution is 6.17. The third-order valence-corrected chi connectivity index (χ3v) is 4.77. The molecule has 1 aromatic heterocycles. The van der Waals surface area contributed by atoms with E-state index in [2.05, 4.69) is 15.0 Å². The number of hydrogen-bond donors (Lipinski definition) is 3. The second-order valence-electron chi connectivity index (χ2n) is 7.38. The lowest BCUT2D eigenvalue weighted by molar-refractivity contribution is -0.143. The summed E-state index contributed by atoms with van der Waals surface area (Å²) in [6.07, 6.45) is -10.3. The van der Waals surface area contributed by atoms with Gasteiger partial charge >= 0.3 is 12.4 Å². The number of aromatic nitrogens is 3. The molecule has 0 saturated heterocycles. The summed E-state index contributed by atoms with van der Waals surface area (Å²) in [5.74, 6) is -5.31. The first-order valence-electron chi connectivity index (χ1n) is 9.21. The van der Waals surface area contributed by atoms with E-state index in [-0.39, 0.29) is 12.0 Å². The van der Waals surface area contributed by atoms with Crippen molar-refractivity contribution in [1.29, 1.82) is 0 Å². The van der Waals surface area contributed by atoms with E-state index in [1.165, 1.54) is 6.92 Å². The third-order valence-electron chi connectivity index (χ3n) is 4.77. The van der Waals surface area contributed by atoms with Crippen LogP contribution in [-0.4, -0.2) is 63.8 Å². The Hall–Kier alpha value is -2.19. The molecule has 0 spiro atoms. The SMILES string of the molecule is BC1(O)C=C(c2nc(N[C@H](C)C(F)(F)F)nc(N[C@H](CC)C(F)(F)F)n2)CCC1(F)F. The van der Waals surface area contributed by atoms with Crippen LogP contribution in [0.3, 0.4) is 0 Å². The fraction of sp³-hybridized carbons (Fsp3) is 0.688. The van der Waals surface area contributed by atoms with Crippen molar-refractivity contribution >= 4 is 25.3 Å². The van der Waals surface area contributed by atoms with Crippen molar-refractivity contribution in [3.05, 3.63) is 11.9 Å². The average Bonchev–Trinajstić information content (AvgIpc) is 2.60. The van der Waals surface area contributed by atoms with E-state index >= 15 is 0 Å². The molecule has 6 nitrogen and oxygen atoms in total. The van der Waals surface area contributed by atoms with E-state index in [9.17, 15) is 40.2 Å². The van der Waals surface area contributed by atoms with Gasteiger partial charge in [-0.05, 0) is 31.4 Å². The number of halogens is 8. The first-order valence-corrected chi connectivity index (χ1v) is 9.21. The summed E-state index contributed by atoms with van der Waals surface area (Å²) in [4.78, 5) is 11.1. The average molecular weight is 461 g/mol. The van der Waals surface area contributed by atoms with Crippen molar-refractivity contribution in [3.8, 4) is 0 Å². The summed E-state index contributed by atoms with van der Waals surface area (Å²) in [6, 6.07) is -4.27. The summed E-state index contributed by atoms with van der Waals surface area (Å²) in [5.41, 5.74) is -2.67. The standard InChI is InChI=1S/C16H20BF8N5O/c1-3-9(16(23,24)25)27-12-29-10(8-4-5-14(18,19)13(17,31)6-8)28-11(30-12)26-7(2)15(20,21)22/h6-7,9,31H,3-5,17H2,1-2H3,(H2,26,27,28,29,30)/t7-,9-,13?/m1/s1. The summed E-state index contributed by atoms with van der Waals surface area (Å²) in [5, 5.41) is 13.9. The molecular formula is C16H20BF8N5O. The fourth-order valence-electron chi connectivity index (χ4n) is 2.73. The quantitative estimate of drug-likeness (QED) is 0.447. The zero-order chi connectivity index (χ0) is 23.8. The van der Waals surface area contributed by atoms with Crippen LogP contribution >= 0.6 is 0 Å². The molecule has 2 rings (SSSR count). The summed E-state index contributed by atoms with van der Waals surface area (Å²) >= 11 is 0. The third kappa shape index (κ3) is 5.95. The molecule has 1 heterocycles. The highest BCUT2D eigenvalue weighted by atomic mass is 19.4. The maximum atomic E-state index is 13.9. The first kappa shape index (κ1) is 25.1. The number of alkyl halides is 8. The van der Waals surface area contributed by atoms with Crippen LogP contribution in [0.2, 0.25) is 0 Å². The Labute approximate surface area is 173 Å². The van der Waals surface area contributed by atoms with E-state index in [1.54, 1.807) is 0 Å². The van der Waals surface area contributed by atoms with Crippen LogP contribution in [0.4, 0.5) is 47.0 Å². The summed E-state index contributed by atoms with van der Waals surface area (Å²) in [6.45, 7) is 1.97. The predicted octanol–water partition coefficient (Wildman–Crippen LogP) is 3.12. The lowest BCUT2D eigenvalue weighted by Gasteiger charge is -2.35. The molecule has 0 saturated carbocycles. The van der Waals surface area contributed by atoms with Gasteiger partial charge < -0.3 is 15.7 Å². The topological polar surface area (TPSA) is 83.0 Å². The van der Waals surface area contributed by atoms with Crippen molar-refractivity contribution in [2.45, 2.75) is 69.0 Å². The normalized spacial score (nSPS) is 23.6. The van der Waals surface area contributed by atoms with Crippen molar-refractivity contribution in [1.82, 2.24) is 15.0 Å². The molecule has 0 radical (unpaired) electrons. The molecular weight excluding hydrogens is 441 g/mol. The molecule has 15 heteroatoms. The van der Waals surface area contributed by atoms with Crippen molar-refractivity contribution in [2.75, 3.05) is 10.6 Å². The van der Waals surface area contributed by atoms with Gasteiger partial charge in [0.1, 0.15) is 17.6 Å². The van der Waals surface area contributed by atoms with Crippen LogP contribution in [0.25, 0.3) is 5.57 Å². The molecule has 3 N–H and O–H groups in total. The van der Waals surface area contributed by atoms with Crippen LogP contribution in [0.1, 0.15) is 38.9 Å². The fourth-order valence-corrected chi connectivity index (χ4v) is 2.73. The Morgan fingerprint density at radius 1 is 1.06 bits per heavy atom. The van der Waals surface area contributed by atoms with Gasteiger partial charge in [-0.15, -0.1) is 0 Å². The number of rotatable bonds is 6. The molecule has 31 heavy (non-hydrogen) atoms. The molecule has 0 bridgehead atoms. The van der Waals surface area contributed by atoms with Gasteiger partial charge in [-0.25, -0.2) is 8.78 Å². The molecule has 1 aliphatic rings. The minimum absolute atomic E-state index is 0.0656. The smallest absolute Gasteiger partial charge is 0.389 e. The summed E-state index contributed by atoms with van der Waals surface area (Å²) < 4.78 is 106. The van der Waals surface area contributed by atoms with Gasteiger partial charge in [0.25, 0.3) is 5.92 Å². The lowest BCUT2D eigenvalue weighted by atomic mass is 9.70. The number of anilines is 2. The Balaban J connectivity index is 2.50. The monoisotopic (exact) mass is 461 g/mol. The van der Waals surface area contributed by atoms with E-state index in [1.807, 2.05) is 10.6 Å². The molecule has 1 aromatic rings. The Bertz CT molecular complexity index is 827. The van der Waals surface area contributed by atoms with Crippen LogP contribution in [0.5, 0.6) is 0 Å². The molecule has 0 aromatic carbocycles. The molecule has 174 valence electrons. The van der Waals surface area contributed by atoms with Crippen LogP contribution in [0, 0.1) is 0 Å². The Kier molecular flexibility index (Phi) is 6.79. The van der Waals surface area contributed by atoms with E-state index in [4.69, 9.17) is 0 Å². The molecule has 3 atom stereocenters. The van der Waals surface area contributed by atoms with Crippen LogP contribution in [0.15, 0.2) is 6.08 Å². The minimum atomic E-state index is -4.71. The number of hydrogen-bond acceptors (Lipinski definition) is 6.